The summed E-state index contributed by atoms with van der Waals surface area (Å²) in [5.41, 5.74) is 0.925. The summed E-state index contributed by atoms with van der Waals surface area (Å²) in [7, 11) is 1.84. The first-order valence-corrected chi connectivity index (χ1v) is 5.70. The van der Waals surface area contributed by atoms with Crippen LogP contribution in [0.5, 0.6) is 0 Å². The number of nitrogens with zero attached hydrogens (tertiary/aromatic N) is 2. The highest BCUT2D eigenvalue weighted by Gasteiger charge is 2.27. The van der Waals surface area contributed by atoms with Crippen molar-refractivity contribution < 1.29 is 13.2 Å². The molecular formula is C11H18F3N3. The Balaban J connectivity index is 2.53. The first kappa shape index (κ1) is 14.0. The third-order valence-corrected chi connectivity index (χ3v) is 2.61. The monoisotopic (exact) mass is 249 g/mol. The zero-order valence-corrected chi connectivity index (χ0v) is 10.1. The van der Waals surface area contributed by atoms with Crippen molar-refractivity contribution in [2.24, 2.45) is 7.05 Å². The SMILES string of the molecule is CCNC(CCCC(F)(F)F)c1cncn1C. The Labute approximate surface area is 99.0 Å². The second kappa shape index (κ2) is 6.05. The molecule has 1 N–H and O–H groups in total. The molecule has 0 aliphatic rings. The van der Waals surface area contributed by atoms with Crippen molar-refractivity contribution in [2.75, 3.05) is 6.54 Å². The summed E-state index contributed by atoms with van der Waals surface area (Å²) < 4.78 is 38.1. The molecule has 1 heterocycles. The maximum Gasteiger partial charge on any atom is 0.389 e. The van der Waals surface area contributed by atoms with E-state index >= 15 is 0 Å². The van der Waals surface area contributed by atoms with E-state index in [0.717, 1.165) is 12.2 Å². The van der Waals surface area contributed by atoms with Gasteiger partial charge in [-0.15, -0.1) is 0 Å². The van der Waals surface area contributed by atoms with Crippen LogP contribution in [0.1, 0.15) is 37.9 Å². The standard InChI is InChI=1S/C11H18F3N3/c1-3-16-9(5-4-6-11(12,13)14)10-7-15-8-17(10)2/h7-9,16H,3-6H2,1-2H3. The van der Waals surface area contributed by atoms with Gasteiger partial charge in [0, 0.05) is 25.7 Å². The van der Waals surface area contributed by atoms with Gasteiger partial charge in [-0.3, -0.25) is 0 Å². The number of hydrogen-bond donors (Lipinski definition) is 1. The van der Waals surface area contributed by atoms with Crippen LogP contribution < -0.4 is 5.32 Å². The van der Waals surface area contributed by atoms with Gasteiger partial charge in [-0.2, -0.15) is 13.2 Å². The van der Waals surface area contributed by atoms with Crippen LogP contribution in [0.3, 0.4) is 0 Å². The number of imidazole rings is 1. The maximum atomic E-state index is 12.1. The van der Waals surface area contributed by atoms with Crippen molar-refractivity contribution in [3.63, 3.8) is 0 Å². The number of aryl methyl sites for hydroxylation is 1. The lowest BCUT2D eigenvalue weighted by molar-refractivity contribution is -0.135. The fourth-order valence-corrected chi connectivity index (χ4v) is 1.81. The molecule has 0 amide bonds. The van der Waals surface area contributed by atoms with Crippen LogP contribution >= 0.6 is 0 Å². The van der Waals surface area contributed by atoms with Crippen molar-refractivity contribution >= 4 is 0 Å². The van der Waals surface area contributed by atoms with Crippen molar-refractivity contribution in [1.82, 2.24) is 14.9 Å². The van der Waals surface area contributed by atoms with Crippen LogP contribution in [-0.2, 0) is 7.05 Å². The molecule has 0 aliphatic carbocycles. The lowest BCUT2D eigenvalue weighted by atomic mass is 10.1. The summed E-state index contributed by atoms with van der Waals surface area (Å²) in [6, 6.07) is -0.0603. The second-order valence-corrected chi connectivity index (χ2v) is 4.05. The molecule has 0 aromatic carbocycles. The van der Waals surface area contributed by atoms with Crippen LogP contribution in [0.4, 0.5) is 13.2 Å². The zero-order chi connectivity index (χ0) is 12.9. The molecule has 1 atom stereocenters. The van der Waals surface area contributed by atoms with Crippen LogP contribution in [0.2, 0.25) is 0 Å². The van der Waals surface area contributed by atoms with Gasteiger partial charge in [0.15, 0.2) is 0 Å². The molecule has 0 saturated carbocycles. The van der Waals surface area contributed by atoms with E-state index in [1.807, 2.05) is 18.5 Å². The molecule has 0 fully saturated rings. The highest BCUT2D eigenvalue weighted by Crippen LogP contribution is 2.26. The highest BCUT2D eigenvalue weighted by molar-refractivity contribution is 5.04. The molecule has 1 rings (SSSR count). The van der Waals surface area contributed by atoms with Gasteiger partial charge in [0.05, 0.1) is 12.0 Å². The largest absolute Gasteiger partial charge is 0.389 e. The molecule has 0 radical (unpaired) electrons. The van der Waals surface area contributed by atoms with E-state index in [1.54, 1.807) is 12.5 Å². The summed E-state index contributed by atoms with van der Waals surface area (Å²) in [5, 5.41) is 3.18. The first-order valence-electron chi connectivity index (χ1n) is 5.70. The summed E-state index contributed by atoms with van der Waals surface area (Å²) >= 11 is 0. The number of aromatic nitrogens is 2. The van der Waals surface area contributed by atoms with Gasteiger partial charge in [0.2, 0.25) is 0 Å². The van der Waals surface area contributed by atoms with E-state index in [-0.39, 0.29) is 12.5 Å². The quantitative estimate of drug-likeness (QED) is 0.840. The van der Waals surface area contributed by atoms with Gasteiger partial charge in [-0.05, 0) is 19.4 Å². The van der Waals surface area contributed by atoms with E-state index < -0.39 is 12.6 Å². The first-order chi connectivity index (χ1) is 7.94. The summed E-state index contributed by atoms with van der Waals surface area (Å²) in [6.07, 6.45) is -0.848. The van der Waals surface area contributed by atoms with Gasteiger partial charge in [-0.1, -0.05) is 6.92 Å². The Hall–Kier alpha value is -1.04. The smallest absolute Gasteiger partial charge is 0.336 e. The maximum absolute atomic E-state index is 12.1. The zero-order valence-electron chi connectivity index (χ0n) is 10.1. The fourth-order valence-electron chi connectivity index (χ4n) is 1.81. The van der Waals surface area contributed by atoms with Gasteiger partial charge in [0.1, 0.15) is 0 Å². The van der Waals surface area contributed by atoms with E-state index in [1.165, 1.54) is 0 Å². The molecule has 17 heavy (non-hydrogen) atoms. The Bertz CT molecular complexity index is 333. The molecule has 0 spiro atoms. The van der Waals surface area contributed by atoms with Crippen LogP contribution in [0.15, 0.2) is 12.5 Å². The van der Waals surface area contributed by atoms with E-state index in [4.69, 9.17) is 0 Å². The number of halogens is 3. The lowest BCUT2D eigenvalue weighted by Crippen LogP contribution is -2.23. The minimum atomic E-state index is -4.07. The Morgan fingerprint density at radius 1 is 1.47 bits per heavy atom. The van der Waals surface area contributed by atoms with E-state index in [9.17, 15) is 13.2 Å². The van der Waals surface area contributed by atoms with Gasteiger partial charge >= 0.3 is 6.18 Å². The molecule has 1 aromatic heterocycles. The Morgan fingerprint density at radius 3 is 2.65 bits per heavy atom. The normalized spacial score (nSPS) is 13.9. The topological polar surface area (TPSA) is 29.9 Å². The van der Waals surface area contributed by atoms with Crippen molar-refractivity contribution in [2.45, 2.75) is 38.4 Å². The number of alkyl halides is 3. The van der Waals surface area contributed by atoms with Crippen molar-refractivity contribution in [3.05, 3.63) is 18.2 Å². The van der Waals surface area contributed by atoms with E-state index in [0.29, 0.717) is 6.42 Å². The number of rotatable bonds is 6. The number of hydrogen-bond acceptors (Lipinski definition) is 2. The summed E-state index contributed by atoms with van der Waals surface area (Å²) in [5.74, 6) is 0. The molecule has 0 aliphatic heterocycles. The third-order valence-electron chi connectivity index (χ3n) is 2.61. The van der Waals surface area contributed by atoms with Crippen LogP contribution in [0.25, 0.3) is 0 Å². The second-order valence-electron chi connectivity index (χ2n) is 4.05. The van der Waals surface area contributed by atoms with Gasteiger partial charge in [-0.25, -0.2) is 4.98 Å². The van der Waals surface area contributed by atoms with Crippen molar-refractivity contribution in [3.8, 4) is 0 Å². The molecule has 0 bridgehead atoms. The molecule has 1 aromatic rings. The fraction of sp³-hybridized carbons (Fsp3) is 0.727. The minimum absolute atomic E-state index is 0.0603. The minimum Gasteiger partial charge on any atom is -0.336 e. The molecular weight excluding hydrogens is 231 g/mol. The average molecular weight is 249 g/mol. The third kappa shape index (κ3) is 4.77. The predicted molar refractivity (Wildman–Crippen MR) is 59.5 cm³/mol. The van der Waals surface area contributed by atoms with Gasteiger partial charge in [0.25, 0.3) is 0 Å². The molecule has 98 valence electrons. The Morgan fingerprint density at radius 2 is 2.18 bits per heavy atom. The van der Waals surface area contributed by atoms with Crippen LogP contribution in [-0.4, -0.2) is 22.3 Å². The van der Waals surface area contributed by atoms with Gasteiger partial charge < -0.3 is 9.88 Å². The van der Waals surface area contributed by atoms with Crippen molar-refractivity contribution in [1.29, 1.82) is 0 Å². The highest BCUT2D eigenvalue weighted by atomic mass is 19.4. The number of nitrogens with one attached hydrogen (secondary N) is 1. The molecule has 6 heteroatoms. The lowest BCUT2D eigenvalue weighted by Gasteiger charge is -2.18. The molecule has 1 unspecified atom stereocenters. The predicted octanol–water partition coefficient (Wildman–Crippen LogP) is 2.80. The van der Waals surface area contributed by atoms with E-state index in [2.05, 4.69) is 10.3 Å². The van der Waals surface area contributed by atoms with Crippen LogP contribution in [0, 0.1) is 0 Å². The summed E-state index contributed by atoms with van der Waals surface area (Å²) in [4.78, 5) is 3.98. The average Bonchev–Trinajstić information content (AvgIpc) is 2.61. The Kier molecular flexibility index (Phi) is 4.99. The summed E-state index contributed by atoms with van der Waals surface area (Å²) in [6.45, 7) is 2.66. The molecule has 0 saturated heterocycles. The molecule has 3 nitrogen and oxygen atoms in total.